The van der Waals surface area contributed by atoms with Crippen LogP contribution in [0.15, 0.2) is 30.9 Å². The van der Waals surface area contributed by atoms with Crippen molar-refractivity contribution in [3.8, 4) is 0 Å². The molecule has 2 saturated heterocycles. The molecule has 2 aromatic heterocycles. The summed E-state index contributed by atoms with van der Waals surface area (Å²) in [5, 5.41) is 4.53. The van der Waals surface area contributed by atoms with Crippen molar-refractivity contribution in [1.82, 2.24) is 29.5 Å². The first-order valence-corrected chi connectivity index (χ1v) is 8.95. The van der Waals surface area contributed by atoms with Crippen molar-refractivity contribution in [2.45, 2.75) is 37.8 Å². The molecule has 0 aliphatic carbocycles. The van der Waals surface area contributed by atoms with Crippen LogP contribution in [0.3, 0.4) is 0 Å². The lowest BCUT2D eigenvalue weighted by Crippen LogP contribution is -2.53. The fourth-order valence-corrected chi connectivity index (χ4v) is 4.25. The molecule has 4 heterocycles. The lowest BCUT2D eigenvalue weighted by atomic mass is 9.84. The number of likely N-dealkylation sites (tertiary alicyclic amines) is 2. The summed E-state index contributed by atoms with van der Waals surface area (Å²) in [6.45, 7) is 3.59. The van der Waals surface area contributed by atoms with Gasteiger partial charge in [0.2, 0.25) is 0 Å². The molecule has 4 rings (SSSR count). The van der Waals surface area contributed by atoms with Crippen molar-refractivity contribution >= 4 is 5.91 Å². The highest BCUT2D eigenvalue weighted by Gasteiger charge is 2.43. The van der Waals surface area contributed by atoms with Crippen LogP contribution in [0.1, 0.15) is 41.9 Å². The first kappa shape index (κ1) is 16.2. The van der Waals surface area contributed by atoms with Crippen LogP contribution in [-0.4, -0.2) is 60.6 Å². The lowest BCUT2D eigenvalue weighted by molar-refractivity contribution is 0.0375. The van der Waals surface area contributed by atoms with Gasteiger partial charge in [0.05, 0.1) is 11.9 Å². The third kappa shape index (κ3) is 3.16. The van der Waals surface area contributed by atoms with Gasteiger partial charge in [0.1, 0.15) is 5.69 Å². The highest BCUT2D eigenvalue weighted by molar-refractivity contribution is 5.92. The predicted molar refractivity (Wildman–Crippen MR) is 92.8 cm³/mol. The monoisotopic (exact) mass is 340 g/mol. The van der Waals surface area contributed by atoms with Crippen molar-refractivity contribution in [2.24, 2.45) is 7.05 Å². The Bertz CT molecular complexity index is 735. The Morgan fingerprint density at radius 2 is 2.04 bits per heavy atom. The summed E-state index contributed by atoms with van der Waals surface area (Å²) in [6.07, 6.45) is 11.2. The molecular weight excluding hydrogens is 316 g/mol. The molecule has 2 fully saturated rings. The molecule has 2 aromatic rings. The van der Waals surface area contributed by atoms with Crippen LogP contribution in [0.2, 0.25) is 0 Å². The van der Waals surface area contributed by atoms with E-state index in [9.17, 15) is 4.79 Å². The summed E-state index contributed by atoms with van der Waals surface area (Å²) >= 11 is 0. The van der Waals surface area contributed by atoms with Gasteiger partial charge in [-0.2, -0.15) is 5.10 Å². The molecule has 2 aliphatic rings. The first-order chi connectivity index (χ1) is 12.2. The fourth-order valence-electron chi connectivity index (χ4n) is 4.25. The number of hydrogen-bond donors (Lipinski definition) is 0. The Labute approximate surface area is 147 Å². The van der Waals surface area contributed by atoms with Gasteiger partial charge < -0.3 is 4.90 Å². The molecule has 1 amide bonds. The SMILES string of the molecule is Cn1ccc(CN2CCCC23CCN(C(=O)c2cnccn2)CC3)n1. The number of carbonyl (C=O) groups is 1. The summed E-state index contributed by atoms with van der Waals surface area (Å²) in [5.41, 5.74) is 1.79. The Balaban J connectivity index is 1.42. The zero-order chi connectivity index (χ0) is 17.3. The van der Waals surface area contributed by atoms with Crippen LogP contribution in [-0.2, 0) is 13.6 Å². The van der Waals surface area contributed by atoms with Crippen LogP contribution in [0.25, 0.3) is 0 Å². The van der Waals surface area contributed by atoms with Gasteiger partial charge in [-0.15, -0.1) is 0 Å². The largest absolute Gasteiger partial charge is 0.337 e. The van der Waals surface area contributed by atoms with Crippen LogP contribution < -0.4 is 0 Å². The fraction of sp³-hybridized carbons (Fsp3) is 0.556. The number of nitrogens with zero attached hydrogens (tertiary/aromatic N) is 6. The van der Waals surface area contributed by atoms with Gasteiger partial charge in [-0.25, -0.2) is 4.98 Å². The zero-order valence-corrected chi connectivity index (χ0v) is 14.6. The molecule has 0 aromatic carbocycles. The average Bonchev–Trinajstić information content (AvgIpc) is 3.23. The number of aryl methyl sites for hydroxylation is 1. The van der Waals surface area contributed by atoms with Crippen molar-refractivity contribution < 1.29 is 4.79 Å². The molecule has 7 heteroatoms. The molecule has 25 heavy (non-hydrogen) atoms. The highest BCUT2D eigenvalue weighted by atomic mass is 16.2. The van der Waals surface area contributed by atoms with Crippen LogP contribution in [0, 0.1) is 0 Å². The molecule has 7 nitrogen and oxygen atoms in total. The maximum absolute atomic E-state index is 12.6. The third-order valence-electron chi connectivity index (χ3n) is 5.63. The minimum absolute atomic E-state index is 0.00257. The van der Waals surface area contributed by atoms with Crippen molar-refractivity contribution in [3.05, 3.63) is 42.2 Å². The molecule has 0 atom stereocenters. The van der Waals surface area contributed by atoms with Gasteiger partial charge in [0, 0.05) is 50.8 Å². The van der Waals surface area contributed by atoms with E-state index in [0.717, 1.165) is 44.7 Å². The second kappa shape index (κ2) is 6.55. The van der Waals surface area contributed by atoms with Crippen molar-refractivity contribution in [2.75, 3.05) is 19.6 Å². The molecule has 0 bridgehead atoms. The molecular formula is C18H24N6O. The molecule has 2 aliphatic heterocycles. The molecule has 132 valence electrons. The Morgan fingerprint density at radius 1 is 1.20 bits per heavy atom. The number of hydrogen-bond acceptors (Lipinski definition) is 5. The van der Waals surface area contributed by atoms with Gasteiger partial charge in [0.15, 0.2) is 0 Å². The van der Waals surface area contributed by atoms with E-state index in [1.165, 1.54) is 12.8 Å². The second-order valence-electron chi connectivity index (χ2n) is 7.11. The minimum atomic E-state index is -0.00257. The summed E-state index contributed by atoms with van der Waals surface area (Å²) in [6, 6.07) is 2.10. The summed E-state index contributed by atoms with van der Waals surface area (Å²) in [4.78, 5) is 25.2. The normalized spacial score (nSPS) is 20.3. The molecule has 1 spiro atoms. The quantitative estimate of drug-likeness (QED) is 0.847. The van der Waals surface area contributed by atoms with Crippen molar-refractivity contribution in [3.63, 3.8) is 0 Å². The van der Waals surface area contributed by atoms with E-state index in [-0.39, 0.29) is 11.4 Å². The van der Waals surface area contributed by atoms with Gasteiger partial charge >= 0.3 is 0 Å². The Kier molecular flexibility index (Phi) is 4.25. The number of aromatic nitrogens is 4. The molecule has 0 saturated carbocycles. The number of rotatable bonds is 3. The maximum atomic E-state index is 12.6. The molecule has 0 N–H and O–H groups in total. The van der Waals surface area contributed by atoms with Crippen LogP contribution >= 0.6 is 0 Å². The van der Waals surface area contributed by atoms with E-state index in [4.69, 9.17) is 0 Å². The van der Waals surface area contributed by atoms with E-state index >= 15 is 0 Å². The highest BCUT2D eigenvalue weighted by Crippen LogP contribution is 2.39. The van der Waals surface area contributed by atoms with E-state index in [0.29, 0.717) is 5.69 Å². The topological polar surface area (TPSA) is 67.2 Å². The van der Waals surface area contributed by atoms with E-state index < -0.39 is 0 Å². The molecule has 0 radical (unpaired) electrons. The standard InChI is InChI=1S/C18H24N6O/c1-22-10-3-15(21-22)14-24-9-2-4-18(24)5-11-23(12-6-18)17(25)16-13-19-7-8-20-16/h3,7-8,10,13H,2,4-6,9,11-12,14H2,1H3. The van der Waals surface area contributed by atoms with Gasteiger partial charge in [-0.05, 0) is 38.3 Å². The van der Waals surface area contributed by atoms with Gasteiger partial charge in [-0.3, -0.25) is 19.4 Å². The second-order valence-corrected chi connectivity index (χ2v) is 7.11. The Morgan fingerprint density at radius 3 is 2.72 bits per heavy atom. The van der Waals surface area contributed by atoms with Crippen molar-refractivity contribution in [1.29, 1.82) is 0 Å². The number of piperidine rings is 1. The van der Waals surface area contributed by atoms with E-state index in [1.54, 1.807) is 18.6 Å². The summed E-state index contributed by atoms with van der Waals surface area (Å²) in [7, 11) is 1.96. The lowest BCUT2D eigenvalue weighted by Gasteiger charge is -2.44. The smallest absolute Gasteiger partial charge is 0.274 e. The van der Waals surface area contributed by atoms with E-state index in [1.807, 2.05) is 22.8 Å². The van der Waals surface area contributed by atoms with E-state index in [2.05, 4.69) is 26.0 Å². The minimum Gasteiger partial charge on any atom is -0.337 e. The van der Waals surface area contributed by atoms with Crippen LogP contribution in [0.4, 0.5) is 0 Å². The summed E-state index contributed by atoms with van der Waals surface area (Å²) < 4.78 is 1.86. The van der Waals surface area contributed by atoms with Gasteiger partial charge in [0.25, 0.3) is 5.91 Å². The zero-order valence-electron chi connectivity index (χ0n) is 14.6. The third-order valence-corrected chi connectivity index (χ3v) is 5.63. The Hall–Kier alpha value is -2.28. The van der Waals surface area contributed by atoms with Crippen LogP contribution in [0.5, 0.6) is 0 Å². The predicted octanol–water partition coefficient (Wildman–Crippen LogP) is 1.48. The van der Waals surface area contributed by atoms with Gasteiger partial charge in [-0.1, -0.05) is 0 Å². The average molecular weight is 340 g/mol. The summed E-state index contributed by atoms with van der Waals surface area (Å²) in [5.74, 6) is -0.00257. The number of carbonyl (C=O) groups excluding carboxylic acids is 1. The maximum Gasteiger partial charge on any atom is 0.274 e. The first-order valence-electron chi connectivity index (χ1n) is 8.95. The molecule has 0 unspecified atom stereocenters. The number of amides is 1.